The van der Waals surface area contributed by atoms with Gasteiger partial charge in [-0.05, 0) is 62.8 Å². The van der Waals surface area contributed by atoms with Gasteiger partial charge in [0, 0.05) is 12.6 Å². The number of methoxy groups -OCH3 is 1. The third kappa shape index (κ3) is 4.75. The first-order valence-electron chi connectivity index (χ1n) is 11.5. The Morgan fingerprint density at radius 3 is 2.54 bits per heavy atom. The second-order valence-electron chi connectivity index (χ2n) is 10.3. The van der Waals surface area contributed by atoms with Gasteiger partial charge in [-0.2, -0.15) is 0 Å². The van der Waals surface area contributed by atoms with Crippen molar-refractivity contribution in [1.29, 1.82) is 0 Å². The lowest BCUT2D eigenvalue weighted by Gasteiger charge is -2.32. The molecular formula is C24H30B2N4O4S. The maximum atomic E-state index is 13.5. The average Bonchev–Trinajstić information content (AvgIpc) is 3.43. The molecule has 0 atom stereocenters. The topological polar surface area (TPSA) is 96.7 Å². The van der Waals surface area contributed by atoms with Gasteiger partial charge in [-0.1, -0.05) is 6.07 Å². The van der Waals surface area contributed by atoms with Gasteiger partial charge in [0.2, 0.25) is 0 Å². The van der Waals surface area contributed by atoms with Crippen LogP contribution in [0.5, 0.6) is 5.75 Å². The third-order valence-corrected chi connectivity index (χ3v) is 7.03. The number of aryl methyl sites for hydroxylation is 1. The number of aromatic nitrogens is 2. The summed E-state index contributed by atoms with van der Waals surface area (Å²) in [5.41, 5.74) is 1.56. The van der Waals surface area contributed by atoms with E-state index in [1.54, 1.807) is 29.4 Å². The predicted molar refractivity (Wildman–Crippen MR) is 142 cm³/mol. The van der Waals surface area contributed by atoms with E-state index in [4.69, 9.17) is 9.72 Å². The maximum absolute atomic E-state index is 13.5. The molecule has 1 aliphatic rings. The van der Waals surface area contributed by atoms with Crippen LogP contribution < -0.4 is 10.1 Å². The molecule has 2 aromatic heterocycles. The van der Waals surface area contributed by atoms with Gasteiger partial charge < -0.3 is 20.1 Å². The average molecular weight is 492 g/mol. The SMILES string of the molecule is BC(B)(O)NC(=O)c1cc2c(cc1OC)CCc1c(C(=O)N(C)C(C)(C)C)nc(-c3cccs3)n1-2. The molecule has 0 saturated heterocycles. The molecule has 1 aliphatic heterocycles. The van der Waals surface area contributed by atoms with E-state index in [-0.39, 0.29) is 11.4 Å². The van der Waals surface area contributed by atoms with Crippen LogP contribution in [0.3, 0.4) is 0 Å². The van der Waals surface area contributed by atoms with Crippen molar-refractivity contribution >= 4 is 38.8 Å². The number of fused-ring (bicyclic) bond motifs is 3. The number of nitrogens with one attached hydrogen (secondary N) is 1. The van der Waals surface area contributed by atoms with Crippen LogP contribution in [0.2, 0.25) is 0 Å². The number of benzene rings is 1. The van der Waals surface area contributed by atoms with Crippen molar-refractivity contribution in [2.24, 2.45) is 0 Å². The van der Waals surface area contributed by atoms with Crippen molar-refractivity contribution in [2.45, 2.75) is 44.7 Å². The van der Waals surface area contributed by atoms with Gasteiger partial charge in [-0.15, -0.1) is 11.3 Å². The van der Waals surface area contributed by atoms with Crippen molar-refractivity contribution < 1.29 is 19.4 Å². The van der Waals surface area contributed by atoms with Crippen molar-refractivity contribution in [3.8, 4) is 22.1 Å². The molecular weight excluding hydrogens is 462 g/mol. The Labute approximate surface area is 211 Å². The van der Waals surface area contributed by atoms with E-state index in [9.17, 15) is 14.7 Å². The number of ether oxygens (including phenoxy) is 1. The van der Waals surface area contributed by atoms with Crippen LogP contribution in [0.4, 0.5) is 0 Å². The summed E-state index contributed by atoms with van der Waals surface area (Å²) in [5, 5.41) is 14.7. The summed E-state index contributed by atoms with van der Waals surface area (Å²) < 4.78 is 7.52. The van der Waals surface area contributed by atoms with E-state index in [2.05, 4.69) is 5.32 Å². The van der Waals surface area contributed by atoms with Gasteiger partial charge in [0.25, 0.3) is 11.8 Å². The molecule has 0 radical (unpaired) electrons. The Morgan fingerprint density at radius 2 is 1.97 bits per heavy atom. The first-order valence-corrected chi connectivity index (χ1v) is 12.4. The number of aliphatic hydroxyl groups is 1. The van der Waals surface area contributed by atoms with Crippen LogP contribution in [0.25, 0.3) is 16.4 Å². The fourth-order valence-electron chi connectivity index (χ4n) is 4.11. The smallest absolute Gasteiger partial charge is 0.274 e. The highest BCUT2D eigenvalue weighted by Gasteiger charge is 2.34. The molecule has 0 bridgehead atoms. The highest BCUT2D eigenvalue weighted by atomic mass is 32.1. The highest BCUT2D eigenvalue weighted by molar-refractivity contribution is 7.13. The summed E-state index contributed by atoms with van der Waals surface area (Å²) in [4.78, 5) is 34.1. The summed E-state index contributed by atoms with van der Waals surface area (Å²) in [7, 11) is 6.31. The molecule has 0 unspecified atom stereocenters. The summed E-state index contributed by atoms with van der Waals surface area (Å²) >= 11 is 1.54. The van der Waals surface area contributed by atoms with E-state index in [1.165, 1.54) is 22.8 Å². The number of thiophene rings is 1. The lowest BCUT2D eigenvalue weighted by atomic mass is 9.73. The van der Waals surface area contributed by atoms with Crippen LogP contribution in [0.1, 0.15) is 52.9 Å². The van der Waals surface area contributed by atoms with Crippen molar-refractivity contribution in [1.82, 2.24) is 19.8 Å². The van der Waals surface area contributed by atoms with Crippen LogP contribution in [-0.2, 0) is 12.8 Å². The molecule has 3 aromatic rings. The second kappa shape index (κ2) is 8.87. The summed E-state index contributed by atoms with van der Waals surface area (Å²) in [6.45, 7) is 5.97. The van der Waals surface area contributed by atoms with Crippen LogP contribution in [0.15, 0.2) is 29.6 Å². The van der Waals surface area contributed by atoms with Crippen molar-refractivity contribution in [3.63, 3.8) is 0 Å². The number of amides is 2. The molecule has 2 amide bonds. The minimum atomic E-state index is -1.39. The van der Waals surface area contributed by atoms with Gasteiger partial charge in [0.1, 0.15) is 5.75 Å². The third-order valence-electron chi connectivity index (χ3n) is 6.16. The Hall–Kier alpha value is -3.04. The van der Waals surface area contributed by atoms with Gasteiger partial charge in [0.15, 0.2) is 27.2 Å². The molecule has 8 nitrogen and oxygen atoms in total. The fourth-order valence-corrected chi connectivity index (χ4v) is 4.82. The molecule has 0 aliphatic carbocycles. The second-order valence-corrected chi connectivity index (χ2v) is 11.2. The summed E-state index contributed by atoms with van der Waals surface area (Å²) in [6.07, 6.45) is 1.30. The normalized spacial score (nSPS) is 13.1. The maximum Gasteiger partial charge on any atom is 0.274 e. The number of rotatable bonds is 5. The number of imidazole rings is 1. The van der Waals surface area contributed by atoms with Crippen molar-refractivity contribution in [3.05, 3.63) is 52.2 Å². The first kappa shape index (κ1) is 25.1. The van der Waals surface area contributed by atoms with Crippen molar-refractivity contribution in [2.75, 3.05) is 14.2 Å². The monoisotopic (exact) mass is 492 g/mol. The first-order chi connectivity index (χ1) is 16.3. The Bertz CT molecular complexity index is 1290. The number of hydrogen-bond donors (Lipinski definition) is 2. The van der Waals surface area contributed by atoms with E-state index in [1.807, 2.05) is 48.9 Å². The van der Waals surface area contributed by atoms with E-state index >= 15 is 0 Å². The molecule has 3 heterocycles. The van der Waals surface area contributed by atoms with Gasteiger partial charge in [-0.25, -0.2) is 4.98 Å². The lowest BCUT2D eigenvalue weighted by Crippen LogP contribution is -2.49. The number of carbonyl (C=O) groups excluding carboxylic acids is 2. The number of carbonyl (C=O) groups is 2. The summed E-state index contributed by atoms with van der Waals surface area (Å²) in [5.74, 6) is 0.503. The Kier molecular flexibility index (Phi) is 6.36. The quantitative estimate of drug-likeness (QED) is 0.412. The van der Waals surface area contributed by atoms with E-state index in [0.717, 1.165) is 21.8 Å². The minimum Gasteiger partial charge on any atom is -0.496 e. The summed E-state index contributed by atoms with van der Waals surface area (Å²) in [6, 6.07) is 7.54. The molecule has 1 aromatic carbocycles. The Balaban J connectivity index is 1.93. The van der Waals surface area contributed by atoms with Crippen LogP contribution in [0, 0.1) is 0 Å². The zero-order chi connectivity index (χ0) is 25.7. The molecule has 2 N–H and O–H groups in total. The predicted octanol–water partition coefficient (Wildman–Crippen LogP) is 1.18. The lowest BCUT2D eigenvalue weighted by molar-refractivity contribution is 0.0648. The van der Waals surface area contributed by atoms with Crippen LogP contribution in [-0.4, -0.2) is 72.3 Å². The van der Waals surface area contributed by atoms with E-state index < -0.39 is 11.4 Å². The van der Waals surface area contributed by atoms with Gasteiger partial charge in [0.05, 0.1) is 34.5 Å². The standard InChI is InChI=1S/C24H30B2N4O4S/c1-23(2,3)29(4)22(32)19-15-9-8-13-11-17(34-5)14(21(31)28-24(25,26)33)12-16(13)30(15)20(27-19)18-7-6-10-35-18/h6-7,10-12,33H,8-9,25-26H2,1-5H3,(H,28,31). The zero-order valence-corrected chi connectivity index (χ0v) is 22.0. The molecule has 0 saturated carbocycles. The molecule has 11 heteroatoms. The molecule has 35 heavy (non-hydrogen) atoms. The van der Waals surface area contributed by atoms with E-state index in [0.29, 0.717) is 35.7 Å². The number of nitrogens with zero attached hydrogens (tertiary/aromatic N) is 3. The Morgan fingerprint density at radius 1 is 1.26 bits per heavy atom. The van der Waals surface area contributed by atoms with Crippen LogP contribution >= 0.6 is 11.3 Å². The van der Waals surface area contributed by atoms with Gasteiger partial charge in [-0.3, -0.25) is 14.2 Å². The fraction of sp³-hybridized carbons (Fsp3) is 0.375. The minimum absolute atomic E-state index is 0.138. The largest absolute Gasteiger partial charge is 0.496 e. The molecule has 182 valence electrons. The highest BCUT2D eigenvalue weighted by Crippen LogP contribution is 2.38. The van der Waals surface area contributed by atoms with Gasteiger partial charge >= 0.3 is 0 Å². The molecule has 4 rings (SSSR count). The zero-order valence-electron chi connectivity index (χ0n) is 21.2. The molecule has 0 fully saturated rings. The number of hydrogen-bond acceptors (Lipinski definition) is 6. The molecule has 0 spiro atoms.